The lowest BCUT2D eigenvalue weighted by molar-refractivity contribution is -0.167. The third-order valence-corrected chi connectivity index (χ3v) is 3.51. The van der Waals surface area contributed by atoms with E-state index in [2.05, 4.69) is 5.32 Å². The zero-order valence-corrected chi connectivity index (χ0v) is 13.9. The third-order valence-electron chi connectivity index (χ3n) is 3.51. The van der Waals surface area contributed by atoms with Crippen LogP contribution in [0.1, 0.15) is 16.7 Å². The smallest absolute Gasteiger partial charge is 0.348 e. The van der Waals surface area contributed by atoms with Crippen LogP contribution in [0.25, 0.3) is 6.08 Å². The molecule has 0 heterocycles. The molecule has 0 aromatic heterocycles. The molecule has 0 fully saturated rings. The van der Waals surface area contributed by atoms with Gasteiger partial charge in [0.1, 0.15) is 0 Å². The van der Waals surface area contributed by atoms with Gasteiger partial charge in [0, 0.05) is 18.3 Å². The number of hydrogen-bond acceptors (Lipinski definition) is 2. The fourth-order valence-corrected chi connectivity index (χ4v) is 2.15. The van der Waals surface area contributed by atoms with Gasteiger partial charge in [-0.1, -0.05) is 36.4 Å². The minimum Gasteiger partial charge on any atom is -0.348 e. The number of rotatable bonds is 5. The Balaban J connectivity index is 1.93. The summed E-state index contributed by atoms with van der Waals surface area (Å²) in [4.78, 5) is 22.8. The second kappa shape index (κ2) is 8.33. The van der Waals surface area contributed by atoms with Crippen molar-refractivity contribution in [3.8, 4) is 0 Å². The van der Waals surface area contributed by atoms with E-state index in [1.54, 1.807) is 17.5 Å². The number of nitrogens with one attached hydrogen (secondary N) is 2. The molecule has 0 aliphatic carbocycles. The Morgan fingerprint density at radius 1 is 1.08 bits per heavy atom. The number of hydrogen-bond donors (Lipinski definition) is 2. The molecule has 26 heavy (non-hydrogen) atoms. The summed E-state index contributed by atoms with van der Waals surface area (Å²) in [6.07, 6.45) is -1.88. The van der Waals surface area contributed by atoms with E-state index in [9.17, 15) is 22.8 Å². The SMILES string of the molecule is Cc1ccccc1/C=C/C(=O)NCc1cccc(NC(=O)C(F)(F)F)c1. The van der Waals surface area contributed by atoms with Crippen LogP contribution in [-0.2, 0) is 16.1 Å². The van der Waals surface area contributed by atoms with Crippen LogP contribution in [0, 0.1) is 6.92 Å². The summed E-state index contributed by atoms with van der Waals surface area (Å²) in [6.45, 7) is 2.05. The summed E-state index contributed by atoms with van der Waals surface area (Å²) in [5.74, 6) is -2.38. The fraction of sp³-hybridized carbons (Fsp3) is 0.158. The molecule has 2 aromatic rings. The maximum absolute atomic E-state index is 12.3. The van der Waals surface area contributed by atoms with Crippen LogP contribution < -0.4 is 10.6 Å². The van der Waals surface area contributed by atoms with Crippen LogP contribution in [0.15, 0.2) is 54.6 Å². The summed E-state index contributed by atoms with van der Waals surface area (Å²) in [7, 11) is 0. The number of carbonyl (C=O) groups is 2. The number of aryl methyl sites for hydroxylation is 1. The molecule has 0 aliphatic rings. The monoisotopic (exact) mass is 362 g/mol. The maximum atomic E-state index is 12.3. The van der Waals surface area contributed by atoms with Gasteiger partial charge in [0.15, 0.2) is 0 Å². The van der Waals surface area contributed by atoms with Crippen LogP contribution in [0.3, 0.4) is 0 Å². The van der Waals surface area contributed by atoms with E-state index in [0.717, 1.165) is 11.1 Å². The quantitative estimate of drug-likeness (QED) is 0.795. The molecule has 0 aliphatic heterocycles. The van der Waals surface area contributed by atoms with Crippen molar-refractivity contribution in [3.05, 3.63) is 71.3 Å². The molecule has 0 unspecified atom stereocenters. The van der Waals surface area contributed by atoms with Gasteiger partial charge in [0.25, 0.3) is 0 Å². The number of anilines is 1. The first kappa shape index (κ1) is 19.2. The molecule has 0 bridgehead atoms. The maximum Gasteiger partial charge on any atom is 0.471 e. The molecular formula is C19H17F3N2O2. The summed E-state index contributed by atoms with van der Waals surface area (Å²) in [5.41, 5.74) is 2.52. The molecule has 2 aromatic carbocycles. The molecule has 0 radical (unpaired) electrons. The van der Waals surface area contributed by atoms with Gasteiger partial charge in [-0.05, 0) is 41.8 Å². The lowest BCUT2D eigenvalue weighted by Gasteiger charge is -2.09. The number of benzene rings is 2. The van der Waals surface area contributed by atoms with Gasteiger partial charge in [-0.15, -0.1) is 0 Å². The first-order chi connectivity index (χ1) is 12.3. The molecule has 0 saturated heterocycles. The lowest BCUT2D eigenvalue weighted by atomic mass is 10.1. The predicted molar refractivity (Wildman–Crippen MR) is 93.2 cm³/mol. The normalized spacial score (nSPS) is 11.4. The van der Waals surface area contributed by atoms with Crippen molar-refractivity contribution in [2.24, 2.45) is 0 Å². The molecule has 2 rings (SSSR count). The largest absolute Gasteiger partial charge is 0.471 e. The second-order valence-electron chi connectivity index (χ2n) is 5.56. The van der Waals surface area contributed by atoms with Gasteiger partial charge in [-0.3, -0.25) is 9.59 Å². The molecule has 0 atom stereocenters. The Morgan fingerprint density at radius 3 is 2.50 bits per heavy atom. The van der Waals surface area contributed by atoms with Crippen LogP contribution >= 0.6 is 0 Å². The lowest BCUT2D eigenvalue weighted by Crippen LogP contribution is -2.30. The molecule has 0 spiro atoms. The number of alkyl halides is 3. The van der Waals surface area contributed by atoms with Crippen LogP contribution in [-0.4, -0.2) is 18.0 Å². The Bertz CT molecular complexity index is 830. The van der Waals surface area contributed by atoms with E-state index in [1.165, 1.54) is 24.3 Å². The van der Waals surface area contributed by atoms with E-state index in [4.69, 9.17) is 0 Å². The molecule has 4 nitrogen and oxygen atoms in total. The first-order valence-electron chi connectivity index (χ1n) is 7.74. The highest BCUT2D eigenvalue weighted by Gasteiger charge is 2.38. The summed E-state index contributed by atoms with van der Waals surface area (Å²) >= 11 is 0. The average molecular weight is 362 g/mol. The van der Waals surface area contributed by atoms with Crippen molar-refractivity contribution in [1.82, 2.24) is 5.32 Å². The fourth-order valence-electron chi connectivity index (χ4n) is 2.15. The van der Waals surface area contributed by atoms with Crippen molar-refractivity contribution < 1.29 is 22.8 Å². The standard InChI is InChI=1S/C19H17F3N2O2/c1-13-5-2-3-7-15(13)9-10-17(25)23-12-14-6-4-8-16(11-14)24-18(26)19(20,21)22/h2-11H,12H2,1H3,(H,23,25)(H,24,26)/b10-9+. The van der Waals surface area contributed by atoms with Gasteiger partial charge in [0.05, 0.1) is 0 Å². The summed E-state index contributed by atoms with van der Waals surface area (Å²) < 4.78 is 36.8. The van der Waals surface area contributed by atoms with Crippen molar-refractivity contribution in [2.45, 2.75) is 19.6 Å². The minimum atomic E-state index is -4.95. The van der Waals surface area contributed by atoms with Crippen molar-refractivity contribution >= 4 is 23.6 Å². The average Bonchev–Trinajstić information content (AvgIpc) is 2.59. The molecule has 2 amide bonds. The van der Waals surface area contributed by atoms with Crippen LogP contribution in [0.5, 0.6) is 0 Å². The van der Waals surface area contributed by atoms with E-state index >= 15 is 0 Å². The Morgan fingerprint density at radius 2 is 1.81 bits per heavy atom. The molecule has 7 heteroatoms. The molecule has 2 N–H and O–H groups in total. The Labute approximate surface area is 148 Å². The van der Waals surface area contributed by atoms with Crippen molar-refractivity contribution in [1.29, 1.82) is 0 Å². The molecular weight excluding hydrogens is 345 g/mol. The second-order valence-corrected chi connectivity index (χ2v) is 5.56. The highest BCUT2D eigenvalue weighted by molar-refractivity contribution is 5.95. The topological polar surface area (TPSA) is 58.2 Å². The van der Waals surface area contributed by atoms with Gasteiger partial charge in [-0.2, -0.15) is 13.2 Å². The predicted octanol–water partition coefficient (Wildman–Crippen LogP) is 3.83. The zero-order chi connectivity index (χ0) is 19.2. The van der Waals surface area contributed by atoms with Gasteiger partial charge in [-0.25, -0.2) is 0 Å². The van der Waals surface area contributed by atoms with Gasteiger partial charge >= 0.3 is 12.1 Å². The van der Waals surface area contributed by atoms with E-state index < -0.39 is 12.1 Å². The van der Waals surface area contributed by atoms with E-state index in [0.29, 0.717) is 5.56 Å². The zero-order valence-electron chi connectivity index (χ0n) is 13.9. The molecule has 0 saturated carbocycles. The summed E-state index contributed by atoms with van der Waals surface area (Å²) in [6, 6.07) is 13.4. The van der Waals surface area contributed by atoms with E-state index in [-0.39, 0.29) is 18.1 Å². The highest BCUT2D eigenvalue weighted by Crippen LogP contribution is 2.19. The number of amides is 2. The van der Waals surface area contributed by atoms with Crippen LogP contribution in [0.2, 0.25) is 0 Å². The van der Waals surface area contributed by atoms with Crippen LogP contribution in [0.4, 0.5) is 18.9 Å². The number of halogens is 3. The Kier molecular flexibility index (Phi) is 6.16. The third kappa shape index (κ3) is 5.77. The van der Waals surface area contributed by atoms with Gasteiger partial charge < -0.3 is 10.6 Å². The first-order valence-corrected chi connectivity index (χ1v) is 7.74. The number of carbonyl (C=O) groups excluding carboxylic acids is 2. The highest BCUT2D eigenvalue weighted by atomic mass is 19.4. The van der Waals surface area contributed by atoms with Crippen molar-refractivity contribution in [2.75, 3.05) is 5.32 Å². The molecule has 136 valence electrons. The summed E-state index contributed by atoms with van der Waals surface area (Å²) in [5, 5.41) is 4.41. The van der Waals surface area contributed by atoms with Gasteiger partial charge in [0.2, 0.25) is 5.91 Å². The minimum absolute atomic E-state index is 0.00882. The van der Waals surface area contributed by atoms with Crippen molar-refractivity contribution in [3.63, 3.8) is 0 Å². The Hall–Kier alpha value is -3.09. The van der Waals surface area contributed by atoms with E-state index in [1.807, 2.05) is 31.2 Å².